The average molecular weight is 398 g/mol. The number of aliphatic imine (C=N–C) groups is 1. The first kappa shape index (κ1) is 15.1. The van der Waals surface area contributed by atoms with Gasteiger partial charge in [0.1, 0.15) is 0 Å². The summed E-state index contributed by atoms with van der Waals surface area (Å²) in [5.74, 6) is 0.0165. The first-order valence-corrected chi connectivity index (χ1v) is 8.87. The largest absolute Gasteiger partial charge is 0.492 e. The van der Waals surface area contributed by atoms with Crippen LogP contribution < -0.4 is 5.32 Å². The van der Waals surface area contributed by atoms with Crippen LogP contribution in [0, 0.1) is 0 Å². The van der Waals surface area contributed by atoms with Crippen molar-refractivity contribution in [3.8, 4) is 5.88 Å². The zero-order chi connectivity index (χ0) is 16.5. The zero-order valence-corrected chi connectivity index (χ0v) is 14.8. The second-order valence-electron chi connectivity index (χ2n) is 5.22. The van der Waals surface area contributed by atoms with Gasteiger partial charge in [-0.1, -0.05) is 45.5 Å². The monoisotopic (exact) mass is 397 g/mol. The molecule has 118 valence electrons. The standard InChI is InChI=1S/C18H12BrN3OS/c19-12-6-7-15-14(9-12)11(10-20-15)8-16-17(23)22-18(24-16)21-13-4-2-1-3-5-13/h1-10,23H,(H,21,22)/b11-8-. The van der Waals surface area contributed by atoms with Gasteiger partial charge in [0.15, 0.2) is 5.13 Å². The van der Waals surface area contributed by atoms with Crippen molar-refractivity contribution in [1.29, 1.82) is 0 Å². The Bertz CT molecular complexity index is 964. The lowest BCUT2D eigenvalue weighted by atomic mass is 10.1. The summed E-state index contributed by atoms with van der Waals surface area (Å²) < 4.78 is 0.998. The minimum absolute atomic E-state index is 0.0165. The Morgan fingerprint density at radius 1 is 1.12 bits per heavy atom. The number of para-hydroxylation sites is 1. The molecule has 1 aliphatic rings. The number of nitrogens with one attached hydrogen (secondary N) is 1. The topological polar surface area (TPSA) is 57.5 Å². The van der Waals surface area contributed by atoms with Crippen molar-refractivity contribution in [2.75, 3.05) is 5.32 Å². The minimum Gasteiger partial charge on any atom is -0.492 e. The number of anilines is 2. The SMILES string of the molecule is Oc1nc(Nc2ccccc2)sc1/C=C1/C=Nc2ccc(Br)cc21. The number of halogens is 1. The lowest BCUT2D eigenvalue weighted by molar-refractivity contribution is 0.457. The van der Waals surface area contributed by atoms with Gasteiger partial charge >= 0.3 is 0 Å². The van der Waals surface area contributed by atoms with E-state index in [1.54, 1.807) is 6.21 Å². The Balaban J connectivity index is 1.65. The molecule has 2 N–H and O–H groups in total. The van der Waals surface area contributed by atoms with Gasteiger partial charge in [-0.15, -0.1) is 0 Å². The van der Waals surface area contributed by atoms with E-state index in [1.807, 2.05) is 54.6 Å². The summed E-state index contributed by atoms with van der Waals surface area (Å²) >= 11 is 4.88. The number of thiazole rings is 1. The fourth-order valence-electron chi connectivity index (χ4n) is 2.43. The molecule has 0 spiro atoms. The van der Waals surface area contributed by atoms with E-state index in [4.69, 9.17) is 0 Å². The predicted molar refractivity (Wildman–Crippen MR) is 104 cm³/mol. The van der Waals surface area contributed by atoms with Crippen LogP contribution in [0.1, 0.15) is 10.4 Å². The molecule has 4 nitrogen and oxygen atoms in total. The Morgan fingerprint density at radius 2 is 1.96 bits per heavy atom. The molecule has 1 aromatic heterocycles. The molecular formula is C18H12BrN3OS. The van der Waals surface area contributed by atoms with Gasteiger partial charge in [-0.25, -0.2) is 0 Å². The van der Waals surface area contributed by atoms with Crippen LogP contribution in [0.2, 0.25) is 0 Å². The van der Waals surface area contributed by atoms with Crippen molar-refractivity contribution >= 4 is 61.6 Å². The summed E-state index contributed by atoms with van der Waals surface area (Å²) in [6.07, 6.45) is 3.71. The van der Waals surface area contributed by atoms with Crippen LogP contribution in [0.3, 0.4) is 0 Å². The van der Waals surface area contributed by atoms with Crippen LogP contribution in [0.25, 0.3) is 11.6 Å². The van der Waals surface area contributed by atoms with Crippen molar-refractivity contribution < 1.29 is 5.11 Å². The highest BCUT2D eigenvalue weighted by atomic mass is 79.9. The van der Waals surface area contributed by atoms with E-state index < -0.39 is 0 Å². The molecule has 0 amide bonds. The number of benzene rings is 2. The Hall–Kier alpha value is -2.44. The molecular weight excluding hydrogens is 386 g/mol. The van der Waals surface area contributed by atoms with Gasteiger partial charge in [0, 0.05) is 27.5 Å². The Morgan fingerprint density at radius 3 is 2.79 bits per heavy atom. The molecule has 0 aliphatic carbocycles. The van der Waals surface area contributed by atoms with Crippen molar-refractivity contribution in [1.82, 2.24) is 4.98 Å². The molecule has 2 heterocycles. The fraction of sp³-hybridized carbons (Fsp3) is 0. The molecule has 0 saturated heterocycles. The number of nitrogens with zero attached hydrogens (tertiary/aromatic N) is 2. The maximum atomic E-state index is 10.1. The molecule has 0 fully saturated rings. The maximum Gasteiger partial charge on any atom is 0.231 e. The van der Waals surface area contributed by atoms with Crippen molar-refractivity contribution in [2.45, 2.75) is 0 Å². The van der Waals surface area contributed by atoms with Crippen LogP contribution in [0.5, 0.6) is 5.88 Å². The van der Waals surface area contributed by atoms with Crippen LogP contribution in [-0.2, 0) is 0 Å². The number of allylic oxidation sites excluding steroid dienone is 1. The van der Waals surface area contributed by atoms with Crippen LogP contribution in [0.4, 0.5) is 16.5 Å². The molecule has 0 unspecified atom stereocenters. The fourth-order valence-corrected chi connectivity index (χ4v) is 3.63. The first-order chi connectivity index (χ1) is 11.7. The summed E-state index contributed by atoms with van der Waals surface area (Å²) in [6, 6.07) is 15.7. The van der Waals surface area contributed by atoms with Crippen molar-refractivity contribution in [3.63, 3.8) is 0 Å². The first-order valence-electron chi connectivity index (χ1n) is 7.26. The summed E-state index contributed by atoms with van der Waals surface area (Å²) in [5, 5.41) is 14.0. The normalized spacial score (nSPS) is 14.1. The van der Waals surface area contributed by atoms with E-state index in [1.165, 1.54) is 11.3 Å². The van der Waals surface area contributed by atoms with Crippen molar-refractivity contribution in [3.05, 3.63) is 63.4 Å². The van der Waals surface area contributed by atoms with E-state index in [-0.39, 0.29) is 5.88 Å². The van der Waals surface area contributed by atoms with Crippen molar-refractivity contribution in [2.24, 2.45) is 4.99 Å². The molecule has 0 radical (unpaired) electrons. The summed E-state index contributed by atoms with van der Waals surface area (Å²) in [5.41, 5.74) is 3.85. The van der Waals surface area contributed by atoms with E-state index in [0.29, 0.717) is 10.0 Å². The molecule has 2 aromatic carbocycles. The van der Waals surface area contributed by atoms with Gasteiger partial charge in [-0.3, -0.25) is 4.99 Å². The van der Waals surface area contributed by atoms with Crippen LogP contribution >= 0.6 is 27.3 Å². The quantitative estimate of drug-likeness (QED) is 0.603. The number of aromatic hydroxyl groups is 1. The van der Waals surface area contributed by atoms with E-state index >= 15 is 0 Å². The van der Waals surface area contributed by atoms with Gasteiger partial charge in [0.2, 0.25) is 5.88 Å². The summed E-state index contributed by atoms with van der Waals surface area (Å²) in [7, 11) is 0. The lowest BCUT2D eigenvalue weighted by Crippen LogP contribution is -1.87. The second kappa shape index (κ2) is 6.22. The second-order valence-corrected chi connectivity index (χ2v) is 7.16. The zero-order valence-electron chi connectivity index (χ0n) is 12.4. The highest BCUT2D eigenvalue weighted by Gasteiger charge is 2.15. The van der Waals surface area contributed by atoms with Gasteiger partial charge in [-0.2, -0.15) is 4.98 Å². The third kappa shape index (κ3) is 2.98. The summed E-state index contributed by atoms with van der Waals surface area (Å²) in [6.45, 7) is 0. The average Bonchev–Trinajstić information content (AvgIpc) is 3.12. The smallest absolute Gasteiger partial charge is 0.231 e. The number of aromatic nitrogens is 1. The third-order valence-corrected chi connectivity index (χ3v) is 4.96. The van der Waals surface area contributed by atoms with Gasteiger partial charge in [0.05, 0.1) is 10.6 Å². The number of fused-ring (bicyclic) bond motifs is 1. The van der Waals surface area contributed by atoms with Crippen LogP contribution in [0.15, 0.2) is 58.0 Å². The molecule has 6 heteroatoms. The lowest BCUT2D eigenvalue weighted by Gasteiger charge is -2.00. The number of rotatable bonds is 3. The molecule has 3 aromatic rings. The van der Waals surface area contributed by atoms with E-state index in [2.05, 4.69) is 31.2 Å². The molecule has 4 rings (SSSR count). The molecule has 1 aliphatic heterocycles. The molecule has 0 bridgehead atoms. The van der Waals surface area contributed by atoms with E-state index in [9.17, 15) is 5.11 Å². The van der Waals surface area contributed by atoms with Crippen LogP contribution in [-0.4, -0.2) is 16.3 Å². The van der Waals surface area contributed by atoms with Gasteiger partial charge in [0.25, 0.3) is 0 Å². The number of hydrogen-bond acceptors (Lipinski definition) is 5. The highest BCUT2D eigenvalue weighted by Crippen LogP contribution is 2.38. The Labute approximate surface area is 151 Å². The maximum absolute atomic E-state index is 10.1. The molecule has 0 saturated carbocycles. The number of hydrogen-bond donors (Lipinski definition) is 2. The predicted octanol–water partition coefficient (Wildman–Crippen LogP) is 5.61. The highest BCUT2D eigenvalue weighted by molar-refractivity contribution is 9.10. The third-order valence-electron chi connectivity index (χ3n) is 3.56. The molecule has 0 atom stereocenters. The van der Waals surface area contributed by atoms with Gasteiger partial charge < -0.3 is 10.4 Å². The molecule has 24 heavy (non-hydrogen) atoms. The van der Waals surface area contributed by atoms with Gasteiger partial charge in [-0.05, 0) is 36.4 Å². The summed E-state index contributed by atoms with van der Waals surface area (Å²) in [4.78, 5) is 9.28. The minimum atomic E-state index is 0.0165. The Kier molecular flexibility index (Phi) is 3.92. The van der Waals surface area contributed by atoms with E-state index in [0.717, 1.165) is 27.0 Å².